The lowest BCUT2D eigenvalue weighted by Crippen LogP contribution is -2.14. The van der Waals surface area contributed by atoms with Crippen LogP contribution >= 0.6 is 11.3 Å². The Morgan fingerprint density at radius 1 is 0.486 bits per heavy atom. The van der Waals surface area contributed by atoms with Crippen molar-refractivity contribution in [1.29, 1.82) is 0 Å². The molecule has 0 radical (unpaired) electrons. The Balaban J connectivity index is 1.32. The molecule has 1 aromatic heterocycles. The van der Waals surface area contributed by atoms with Crippen molar-refractivity contribution in [3.05, 3.63) is 131 Å². The number of rotatable bonds is 6. The van der Waals surface area contributed by atoms with E-state index in [1.165, 1.54) is 0 Å². The van der Waals surface area contributed by atoms with Gasteiger partial charge >= 0.3 is 0 Å². The van der Waals surface area contributed by atoms with Gasteiger partial charge in [-0.25, -0.2) is 0 Å². The van der Waals surface area contributed by atoms with Crippen molar-refractivity contribution in [2.24, 2.45) is 0 Å². The highest BCUT2D eigenvalue weighted by Crippen LogP contribution is 2.53. The topological polar surface area (TPSA) is 52.6 Å². The number of thiophene rings is 1. The van der Waals surface area contributed by atoms with Gasteiger partial charge in [0.2, 0.25) is 0 Å². The van der Waals surface area contributed by atoms with E-state index in [0.717, 1.165) is 32.4 Å². The Morgan fingerprint density at radius 3 is 1.22 bits per heavy atom. The minimum absolute atomic E-state index is 0.00855. The smallest absolute Gasteiger partial charge is 0.193 e. The summed E-state index contributed by atoms with van der Waals surface area (Å²) in [6.07, 6.45) is 0. The molecule has 1 aliphatic rings. The minimum atomic E-state index is -0.00855. The molecule has 4 nitrogen and oxygen atoms in total. The molecule has 1 aliphatic heterocycles. The fraction of sp³-hybridized carbons (Fsp3) is 0.0625. The van der Waals surface area contributed by atoms with Crippen LogP contribution in [0.15, 0.2) is 109 Å². The molecule has 5 heteroatoms. The van der Waals surface area contributed by atoms with E-state index < -0.39 is 0 Å². The summed E-state index contributed by atoms with van der Waals surface area (Å²) in [7, 11) is 0. The molecule has 0 spiro atoms. The second-order valence-electron chi connectivity index (χ2n) is 8.66. The van der Waals surface area contributed by atoms with Gasteiger partial charge in [-0.3, -0.25) is 9.59 Å². The van der Waals surface area contributed by atoms with Crippen molar-refractivity contribution in [1.82, 2.24) is 0 Å². The number of ether oxygens (including phenoxy) is 2. The first-order valence-corrected chi connectivity index (χ1v) is 12.8. The van der Waals surface area contributed by atoms with Crippen LogP contribution in [0.5, 0.6) is 11.5 Å². The molecule has 0 N–H and O–H groups in total. The Hall–Kier alpha value is -4.48. The monoisotopic (exact) mass is 502 g/mol. The van der Waals surface area contributed by atoms with Crippen molar-refractivity contribution in [2.45, 2.75) is 0 Å². The lowest BCUT2D eigenvalue weighted by atomic mass is 10.0. The lowest BCUT2D eigenvalue weighted by Gasteiger charge is -2.17. The van der Waals surface area contributed by atoms with Crippen molar-refractivity contribution >= 4 is 22.9 Å². The van der Waals surface area contributed by atoms with Gasteiger partial charge < -0.3 is 9.47 Å². The summed E-state index contributed by atoms with van der Waals surface area (Å²) in [6.45, 7) is 0.955. The molecule has 0 atom stereocenters. The fourth-order valence-corrected chi connectivity index (χ4v) is 5.59. The van der Waals surface area contributed by atoms with Crippen LogP contribution in [0.1, 0.15) is 31.8 Å². The molecule has 5 aromatic rings. The quantitative estimate of drug-likeness (QED) is 0.228. The maximum Gasteiger partial charge on any atom is 0.193 e. The summed E-state index contributed by atoms with van der Waals surface area (Å²) >= 11 is 1.58. The molecule has 0 aliphatic carbocycles. The third kappa shape index (κ3) is 4.46. The largest absolute Gasteiger partial charge is 0.485 e. The Morgan fingerprint density at radius 2 is 0.838 bits per heavy atom. The van der Waals surface area contributed by atoms with Gasteiger partial charge in [-0.1, -0.05) is 109 Å². The average Bonchev–Trinajstić information content (AvgIpc) is 3.37. The molecule has 37 heavy (non-hydrogen) atoms. The van der Waals surface area contributed by atoms with E-state index in [0.29, 0.717) is 35.5 Å². The molecule has 2 heterocycles. The fourth-order valence-electron chi connectivity index (χ4n) is 4.39. The number of carbonyl (C=O) groups is 2. The molecule has 0 saturated carbocycles. The van der Waals surface area contributed by atoms with Gasteiger partial charge in [-0.05, 0) is 11.1 Å². The second-order valence-corrected chi connectivity index (χ2v) is 9.68. The molecule has 4 aromatic carbocycles. The Kier molecular flexibility index (Phi) is 6.13. The lowest BCUT2D eigenvalue weighted by molar-refractivity contribution is 0.103. The summed E-state index contributed by atoms with van der Waals surface area (Å²) < 4.78 is 12.1. The van der Waals surface area contributed by atoms with E-state index in [9.17, 15) is 9.59 Å². The van der Waals surface area contributed by atoms with Gasteiger partial charge in [0.1, 0.15) is 13.2 Å². The summed E-state index contributed by atoms with van der Waals surface area (Å²) in [4.78, 5) is 27.5. The first-order chi connectivity index (χ1) is 18.2. The summed E-state index contributed by atoms with van der Waals surface area (Å²) in [5, 5.41) is 0. The average molecular weight is 503 g/mol. The van der Waals surface area contributed by atoms with Crippen LogP contribution in [0.25, 0.3) is 20.9 Å². The first kappa shape index (κ1) is 23.0. The zero-order valence-corrected chi connectivity index (χ0v) is 20.7. The van der Waals surface area contributed by atoms with Gasteiger partial charge in [-0.2, -0.15) is 0 Å². The van der Waals surface area contributed by atoms with Crippen LogP contribution in [-0.4, -0.2) is 24.8 Å². The van der Waals surface area contributed by atoms with E-state index in [4.69, 9.17) is 9.47 Å². The predicted molar refractivity (Wildman–Crippen MR) is 146 cm³/mol. The first-order valence-electron chi connectivity index (χ1n) is 12.0. The van der Waals surface area contributed by atoms with Gasteiger partial charge in [0.25, 0.3) is 0 Å². The number of hydrogen-bond donors (Lipinski definition) is 0. The van der Waals surface area contributed by atoms with E-state index in [1.54, 1.807) is 11.3 Å². The highest BCUT2D eigenvalue weighted by molar-refractivity contribution is 7.19. The van der Waals surface area contributed by atoms with Crippen LogP contribution in [0.3, 0.4) is 0 Å². The van der Waals surface area contributed by atoms with Crippen molar-refractivity contribution in [3.63, 3.8) is 0 Å². The maximum atomic E-state index is 12.8. The number of ketones is 2. The minimum Gasteiger partial charge on any atom is -0.485 e. The van der Waals surface area contributed by atoms with E-state index in [2.05, 4.69) is 0 Å². The summed E-state index contributed by atoms with van der Waals surface area (Å²) in [5.41, 5.74) is 4.51. The molecule has 0 unspecified atom stereocenters. The Labute approximate surface area is 218 Å². The highest BCUT2D eigenvalue weighted by Gasteiger charge is 2.26. The maximum absolute atomic E-state index is 12.8. The standard InChI is InChI=1S/C32H22O4S/c33-27(21-7-3-1-4-8-21)23-11-15-25(16-12-23)31-29-30(36-20-19-35-29)32(37-31)26-17-13-24(14-18-26)28(34)22-9-5-2-6-10-22/h1-18H,19-20H2. The highest BCUT2D eigenvalue weighted by atomic mass is 32.1. The van der Waals surface area contributed by atoms with Crippen molar-refractivity contribution < 1.29 is 19.1 Å². The van der Waals surface area contributed by atoms with Gasteiger partial charge in [-0.15, -0.1) is 11.3 Å². The molecular formula is C32H22O4S. The summed E-state index contributed by atoms with van der Waals surface area (Å²) in [6, 6.07) is 33.7. The van der Waals surface area contributed by atoms with Crippen LogP contribution in [0.4, 0.5) is 0 Å². The molecule has 0 amide bonds. The molecule has 0 saturated heterocycles. The van der Waals surface area contributed by atoms with Gasteiger partial charge in [0, 0.05) is 22.3 Å². The number of hydrogen-bond acceptors (Lipinski definition) is 5. The number of benzene rings is 4. The normalized spacial score (nSPS) is 12.2. The molecule has 0 fully saturated rings. The van der Waals surface area contributed by atoms with Crippen molar-refractivity contribution in [2.75, 3.05) is 13.2 Å². The van der Waals surface area contributed by atoms with Gasteiger partial charge in [0.15, 0.2) is 23.1 Å². The second kappa shape index (κ2) is 9.88. The van der Waals surface area contributed by atoms with Crippen LogP contribution in [0, 0.1) is 0 Å². The molecule has 0 bridgehead atoms. The van der Waals surface area contributed by atoms with Crippen LogP contribution < -0.4 is 9.47 Å². The SMILES string of the molecule is O=C(c1ccccc1)c1ccc(-c2sc(-c3ccc(C(=O)c4ccccc4)cc3)c3c2OCCO3)cc1. The third-order valence-corrected chi connectivity index (χ3v) is 7.54. The van der Waals surface area contributed by atoms with E-state index in [-0.39, 0.29) is 11.6 Å². The Bertz CT molecular complexity index is 1450. The zero-order chi connectivity index (χ0) is 25.2. The summed E-state index contributed by atoms with van der Waals surface area (Å²) in [5.74, 6) is 1.42. The molecular weight excluding hydrogens is 480 g/mol. The number of carbonyl (C=O) groups excluding carboxylic acids is 2. The number of fused-ring (bicyclic) bond motifs is 1. The van der Waals surface area contributed by atoms with Crippen LogP contribution in [0.2, 0.25) is 0 Å². The van der Waals surface area contributed by atoms with Crippen LogP contribution in [-0.2, 0) is 0 Å². The van der Waals surface area contributed by atoms with Gasteiger partial charge in [0.05, 0.1) is 9.75 Å². The van der Waals surface area contributed by atoms with E-state index >= 15 is 0 Å². The predicted octanol–water partition coefficient (Wildman–Crippen LogP) is 7.32. The van der Waals surface area contributed by atoms with E-state index in [1.807, 2.05) is 109 Å². The molecule has 180 valence electrons. The van der Waals surface area contributed by atoms with Crippen molar-refractivity contribution in [3.8, 4) is 32.4 Å². The third-order valence-electron chi connectivity index (χ3n) is 6.29. The molecule has 6 rings (SSSR count). The zero-order valence-electron chi connectivity index (χ0n) is 19.8.